The molecule has 4 N–H and O–H groups in total. The van der Waals surface area contributed by atoms with Crippen molar-refractivity contribution in [2.75, 3.05) is 13.7 Å². The summed E-state index contributed by atoms with van der Waals surface area (Å²) >= 11 is 0. The molecule has 2 aromatic carbocycles. The molecule has 0 aliphatic rings. The van der Waals surface area contributed by atoms with Gasteiger partial charge in [-0.15, -0.1) is 0 Å². The molecule has 128 valence electrons. The maximum Gasteiger partial charge on any atom is 0.224 e. The highest BCUT2D eigenvalue weighted by Crippen LogP contribution is 2.21. The molecule has 2 rings (SSSR count). The summed E-state index contributed by atoms with van der Waals surface area (Å²) in [6, 6.07) is 16.3. The van der Waals surface area contributed by atoms with Gasteiger partial charge in [0.05, 0.1) is 19.1 Å². The van der Waals surface area contributed by atoms with Crippen molar-refractivity contribution in [1.82, 2.24) is 5.32 Å². The van der Waals surface area contributed by atoms with Crippen molar-refractivity contribution in [3.8, 4) is 5.75 Å². The first kappa shape index (κ1) is 18.0. The fourth-order valence-electron chi connectivity index (χ4n) is 2.45. The van der Waals surface area contributed by atoms with E-state index >= 15 is 0 Å². The van der Waals surface area contributed by atoms with E-state index in [2.05, 4.69) is 5.32 Å². The van der Waals surface area contributed by atoms with E-state index in [0.717, 1.165) is 5.56 Å². The largest absolute Gasteiger partial charge is 0.497 e. The Balaban J connectivity index is 1.92. The quantitative estimate of drug-likeness (QED) is 0.727. The number of ether oxygens (including phenoxy) is 1. The molecule has 0 aromatic heterocycles. The fourth-order valence-corrected chi connectivity index (χ4v) is 2.45. The molecule has 2 aromatic rings. The van der Waals surface area contributed by atoms with Gasteiger partial charge in [0, 0.05) is 12.6 Å². The second kappa shape index (κ2) is 8.47. The fraction of sp³-hybridized carbons (Fsp3) is 0.316. The number of carbonyl (C=O) groups excluding carboxylic acids is 1. The third-order valence-corrected chi connectivity index (χ3v) is 4.08. The van der Waals surface area contributed by atoms with Gasteiger partial charge in [0.25, 0.3) is 0 Å². The van der Waals surface area contributed by atoms with Crippen molar-refractivity contribution >= 4 is 5.91 Å². The molecule has 5 nitrogen and oxygen atoms in total. The number of amides is 1. The minimum absolute atomic E-state index is 0.123. The Morgan fingerprint density at radius 3 is 2.50 bits per heavy atom. The number of nitrogens with two attached hydrogens (primary N) is 1. The van der Waals surface area contributed by atoms with Gasteiger partial charge in [0.1, 0.15) is 5.75 Å². The van der Waals surface area contributed by atoms with Crippen molar-refractivity contribution in [1.29, 1.82) is 0 Å². The maximum absolute atomic E-state index is 12.3. The molecule has 0 radical (unpaired) electrons. The van der Waals surface area contributed by atoms with E-state index in [9.17, 15) is 9.90 Å². The van der Waals surface area contributed by atoms with Crippen LogP contribution in [-0.4, -0.2) is 24.7 Å². The lowest BCUT2D eigenvalue weighted by Crippen LogP contribution is -2.37. The molecular weight excluding hydrogens is 304 g/mol. The van der Waals surface area contributed by atoms with Crippen molar-refractivity contribution < 1.29 is 14.6 Å². The van der Waals surface area contributed by atoms with Crippen LogP contribution in [0.2, 0.25) is 0 Å². The highest BCUT2D eigenvalue weighted by atomic mass is 16.5. The number of hydrogen-bond acceptors (Lipinski definition) is 4. The predicted molar refractivity (Wildman–Crippen MR) is 93.5 cm³/mol. The van der Waals surface area contributed by atoms with Crippen LogP contribution in [-0.2, 0) is 4.79 Å². The summed E-state index contributed by atoms with van der Waals surface area (Å²) in [4.78, 5) is 12.3. The second-order valence-electron chi connectivity index (χ2n) is 5.76. The number of hydrogen-bond donors (Lipinski definition) is 3. The van der Waals surface area contributed by atoms with E-state index in [-0.39, 0.29) is 18.5 Å². The topological polar surface area (TPSA) is 84.6 Å². The molecule has 1 amide bonds. The Morgan fingerprint density at radius 1 is 1.17 bits per heavy atom. The SMILES string of the molecule is COc1cccc(C(O)CNC(=O)C(C)C(N)c2ccccc2)c1. The van der Waals surface area contributed by atoms with Gasteiger partial charge in [-0.25, -0.2) is 0 Å². The van der Waals surface area contributed by atoms with E-state index in [1.807, 2.05) is 30.3 Å². The first-order chi connectivity index (χ1) is 11.5. The van der Waals surface area contributed by atoms with Crippen LogP contribution in [0.15, 0.2) is 54.6 Å². The predicted octanol–water partition coefficient (Wildman–Crippen LogP) is 2.18. The number of aliphatic hydroxyl groups excluding tert-OH is 1. The number of benzene rings is 2. The summed E-state index contributed by atoms with van der Waals surface area (Å²) in [5, 5.41) is 13.0. The molecule has 0 heterocycles. The number of nitrogens with one attached hydrogen (secondary N) is 1. The van der Waals surface area contributed by atoms with E-state index in [4.69, 9.17) is 10.5 Å². The first-order valence-corrected chi connectivity index (χ1v) is 7.93. The van der Waals surface area contributed by atoms with Crippen molar-refractivity contribution in [2.24, 2.45) is 11.7 Å². The van der Waals surface area contributed by atoms with Crippen LogP contribution in [0.5, 0.6) is 5.75 Å². The molecule has 0 bridgehead atoms. The highest BCUT2D eigenvalue weighted by molar-refractivity contribution is 5.79. The van der Waals surface area contributed by atoms with Gasteiger partial charge in [0.2, 0.25) is 5.91 Å². The Labute approximate surface area is 142 Å². The molecule has 0 aliphatic carbocycles. The molecule has 0 aliphatic heterocycles. The van der Waals surface area contributed by atoms with E-state index in [1.165, 1.54) is 0 Å². The minimum atomic E-state index is -0.802. The Hall–Kier alpha value is -2.37. The monoisotopic (exact) mass is 328 g/mol. The zero-order valence-electron chi connectivity index (χ0n) is 14.0. The van der Waals surface area contributed by atoms with Gasteiger partial charge in [-0.3, -0.25) is 4.79 Å². The Kier molecular flexibility index (Phi) is 6.35. The molecule has 3 atom stereocenters. The maximum atomic E-state index is 12.3. The smallest absolute Gasteiger partial charge is 0.224 e. The molecular formula is C19H24N2O3. The summed E-state index contributed by atoms with van der Waals surface area (Å²) in [7, 11) is 1.57. The van der Waals surface area contributed by atoms with Crippen molar-refractivity contribution in [3.63, 3.8) is 0 Å². The highest BCUT2D eigenvalue weighted by Gasteiger charge is 2.22. The van der Waals surface area contributed by atoms with Crippen molar-refractivity contribution in [3.05, 3.63) is 65.7 Å². The Bertz CT molecular complexity index is 661. The molecule has 0 fully saturated rings. The van der Waals surface area contributed by atoms with Gasteiger partial charge in [-0.1, -0.05) is 49.4 Å². The van der Waals surface area contributed by atoms with E-state index in [0.29, 0.717) is 11.3 Å². The number of aliphatic hydroxyl groups is 1. The third kappa shape index (κ3) is 4.57. The average Bonchev–Trinajstić information content (AvgIpc) is 2.65. The first-order valence-electron chi connectivity index (χ1n) is 7.93. The van der Waals surface area contributed by atoms with Crippen molar-refractivity contribution in [2.45, 2.75) is 19.1 Å². The standard InChI is InChI=1S/C19H24N2O3/c1-13(18(20)14-7-4-3-5-8-14)19(23)21-12-17(22)15-9-6-10-16(11-15)24-2/h3-11,13,17-18,22H,12,20H2,1-2H3,(H,21,23). The summed E-state index contributed by atoms with van der Waals surface area (Å²) in [6.07, 6.45) is -0.802. The van der Waals surface area contributed by atoms with Crippen LogP contribution in [0.1, 0.15) is 30.2 Å². The lowest BCUT2D eigenvalue weighted by atomic mass is 9.94. The normalized spacial score (nSPS) is 14.5. The van der Waals surface area contributed by atoms with Gasteiger partial charge in [-0.2, -0.15) is 0 Å². The van der Waals surface area contributed by atoms with Crippen LogP contribution < -0.4 is 15.8 Å². The van der Waals surface area contributed by atoms with Crippen LogP contribution in [0.4, 0.5) is 0 Å². The molecule has 0 saturated heterocycles. The summed E-state index contributed by atoms with van der Waals surface area (Å²) in [5.41, 5.74) is 7.76. The van der Waals surface area contributed by atoms with Gasteiger partial charge >= 0.3 is 0 Å². The lowest BCUT2D eigenvalue weighted by molar-refractivity contribution is -0.125. The molecule has 5 heteroatoms. The Morgan fingerprint density at radius 2 is 1.83 bits per heavy atom. The lowest BCUT2D eigenvalue weighted by Gasteiger charge is -2.21. The van der Waals surface area contributed by atoms with E-state index in [1.54, 1.807) is 38.3 Å². The summed E-state index contributed by atoms with van der Waals surface area (Å²) in [6.45, 7) is 1.91. The summed E-state index contributed by atoms with van der Waals surface area (Å²) < 4.78 is 5.13. The van der Waals surface area contributed by atoms with Crippen LogP contribution in [0.25, 0.3) is 0 Å². The number of methoxy groups -OCH3 is 1. The zero-order valence-corrected chi connectivity index (χ0v) is 14.0. The molecule has 0 saturated carbocycles. The van der Waals surface area contributed by atoms with Crippen LogP contribution in [0, 0.1) is 5.92 Å². The zero-order chi connectivity index (χ0) is 17.5. The second-order valence-corrected chi connectivity index (χ2v) is 5.76. The van der Waals surface area contributed by atoms with Gasteiger partial charge in [0.15, 0.2) is 0 Å². The van der Waals surface area contributed by atoms with E-state index < -0.39 is 12.0 Å². The molecule has 24 heavy (non-hydrogen) atoms. The third-order valence-electron chi connectivity index (χ3n) is 4.08. The molecule has 0 spiro atoms. The van der Waals surface area contributed by atoms with Crippen LogP contribution >= 0.6 is 0 Å². The number of rotatable bonds is 7. The average molecular weight is 328 g/mol. The molecule has 3 unspecified atom stereocenters. The van der Waals surface area contributed by atoms with Gasteiger partial charge in [-0.05, 0) is 23.3 Å². The minimum Gasteiger partial charge on any atom is -0.497 e. The summed E-state index contributed by atoms with van der Waals surface area (Å²) in [5.74, 6) is 0.0792. The van der Waals surface area contributed by atoms with Crippen LogP contribution in [0.3, 0.4) is 0 Å². The van der Waals surface area contributed by atoms with Gasteiger partial charge < -0.3 is 20.9 Å². The number of carbonyl (C=O) groups is 1.